The molecule has 1 atom stereocenters. The lowest BCUT2D eigenvalue weighted by atomic mass is 9.93. The molecule has 0 bridgehead atoms. The molecule has 2 heteroatoms. The molecule has 0 aliphatic carbocycles. The van der Waals surface area contributed by atoms with Gasteiger partial charge in [0.15, 0.2) is 8.32 Å². The second kappa shape index (κ2) is 3.28. The van der Waals surface area contributed by atoms with Crippen LogP contribution in [0.25, 0.3) is 0 Å². The summed E-state index contributed by atoms with van der Waals surface area (Å²) in [6, 6.07) is 0. The van der Waals surface area contributed by atoms with Crippen LogP contribution in [-0.2, 0) is 4.43 Å². The van der Waals surface area contributed by atoms with Crippen LogP contribution in [0.3, 0.4) is 0 Å². The van der Waals surface area contributed by atoms with Crippen molar-refractivity contribution in [1.82, 2.24) is 0 Å². The molecular weight excluding hydrogens is 152 g/mol. The van der Waals surface area contributed by atoms with E-state index < -0.39 is 8.32 Å². The zero-order valence-electron chi connectivity index (χ0n) is 8.99. The van der Waals surface area contributed by atoms with E-state index in [2.05, 4.69) is 40.8 Å². The van der Waals surface area contributed by atoms with Gasteiger partial charge in [-0.25, -0.2) is 0 Å². The van der Waals surface area contributed by atoms with Crippen molar-refractivity contribution in [2.75, 3.05) is 7.11 Å². The summed E-state index contributed by atoms with van der Waals surface area (Å²) in [5, 5.41) is 0. The zero-order chi connectivity index (χ0) is 9.28. The molecular formula is C9H22OSi. The van der Waals surface area contributed by atoms with Gasteiger partial charge in [0.2, 0.25) is 0 Å². The van der Waals surface area contributed by atoms with Gasteiger partial charge in [0.05, 0.1) is 0 Å². The third-order valence-corrected chi connectivity index (χ3v) is 6.87. The average Bonchev–Trinajstić information content (AvgIpc) is 1.84. The maximum Gasteiger partial charge on any atom is 0.189 e. The maximum atomic E-state index is 5.56. The van der Waals surface area contributed by atoms with Gasteiger partial charge in [-0.3, -0.25) is 0 Å². The van der Waals surface area contributed by atoms with Crippen LogP contribution in [0.4, 0.5) is 0 Å². The van der Waals surface area contributed by atoms with E-state index in [1.54, 1.807) is 0 Å². The third kappa shape index (κ3) is 2.95. The molecule has 0 aromatic carbocycles. The van der Waals surface area contributed by atoms with Crippen molar-refractivity contribution in [2.24, 2.45) is 5.41 Å². The first-order chi connectivity index (χ1) is 4.72. The highest BCUT2D eigenvalue weighted by Crippen LogP contribution is 2.38. The van der Waals surface area contributed by atoms with Crippen LogP contribution < -0.4 is 0 Å². The Morgan fingerprint density at radius 1 is 1.18 bits per heavy atom. The molecule has 0 rings (SSSR count). The smallest absolute Gasteiger partial charge is 0.189 e. The molecule has 1 unspecified atom stereocenters. The molecule has 68 valence electrons. The van der Waals surface area contributed by atoms with E-state index >= 15 is 0 Å². The summed E-state index contributed by atoms with van der Waals surface area (Å²) in [5.41, 5.74) is 1.08. The molecule has 0 aromatic heterocycles. The fourth-order valence-electron chi connectivity index (χ4n) is 1.22. The minimum atomic E-state index is -1.42. The van der Waals surface area contributed by atoms with E-state index in [0.717, 1.165) is 0 Å². The van der Waals surface area contributed by atoms with Crippen LogP contribution in [0.15, 0.2) is 0 Å². The number of hydrogen-bond acceptors (Lipinski definition) is 1. The summed E-state index contributed by atoms with van der Waals surface area (Å²) >= 11 is 0. The Balaban J connectivity index is 4.35. The number of hydrogen-bond donors (Lipinski definition) is 0. The van der Waals surface area contributed by atoms with Crippen molar-refractivity contribution in [3.05, 3.63) is 0 Å². The topological polar surface area (TPSA) is 9.23 Å². The van der Waals surface area contributed by atoms with Crippen LogP contribution >= 0.6 is 0 Å². The number of rotatable bonds is 2. The van der Waals surface area contributed by atoms with Crippen LogP contribution in [0.2, 0.25) is 18.6 Å². The highest BCUT2D eigenvalue weighted by Gasteiger charge is 2.36. The summed E-state index contributed by atoms with van der Waals surface area (Å²) in [5.74, 6) is 0. The summed E-state index contributed by atoms with van der Waals surface area (Å²) in [4.78, 5) is 0. The molecule has 0 radical (unpaired) electrons. The van der Waals surface area contributed by atoms with Gasteiger partial charge in [-0.2, -0.15) is 0 Å². The Bertz CT molecular complexity index is 124. The molecule has 0 fully saturated rings. The molecule has 11 heavy (non-hydrogen) atoms. The van der Waals surface area contributed by atoms with Gasteiger partial charge in [0.25, 0.3) is 0 Å². The van der Waals surface area contributed by atoms with Crippen LogP contribution in [0, 0.1) is 5.41 Å². The van der Waals surface area contributed by atoms with Gasteiger partial charge >= 0.3 is 0 Å². The van der Waals surface area contributed by atoms with E-state index in [-0.39, 0.29) is 0 Å². The third-order valence-electron chi connectivity index (χ3n) is 2.87. The first kappa shape index (κ1) is 11.2. The molecule has 0 saturated carbocycles. The van der Waals surface area contributed by atoms with Gasteiger partial charge < -0.3 is 4.43 Å². The molecule has 0 aliphatic rings. The van der Waals surface area contributed by atoms with Gasteiger partial charge in [-0.05, 0) is 24.1 Å². The normalized spacial score (nSPS) is 16.6. The van der Waals surface area contributed by atoms with Crippen LogP contribution in [0.5, 0.6) is 0 Å². The van der Waals surface area contributed by atoms with Crippen molar-refractivity contribution in [3.63, 3.8) is 0 Å². The van der Waals surface area contributed by atoms with Crippen molar-refractivity contribution in [1.29, 1.82) is 0 Å². The second-order valence-electron chi connectivity index (χ2n) is 4.90. The average molecular weight is 174 g/mol. The van der Waals surface area contributed by atoms with E-state index in [0.29, 0.717) is 11.0 Å². The quantitative estimate of drug-likeness (QED) is 0.584. The SMILES string of the molecule is CO[Si](C)(C)C(C)C(C)(C)C. The Morgan fingerprint density at radius 3 is 1.64 bits per heavy atom. The Labute approximate surface area is 72.3 Å². The lowest BCUT2D eigenvalue weighted by Gasteiger charge is -2.37. The lowest BCUT2D eigenvalue weighted by molar-refractivity contribution is 0.321. The monoisotopic (exact) mass is 174 g/mol. The highest BCUT2D eigenvalue weighted by atomic mass is 28.4. The summed E-state index contributed by atoms with van der Waals surface area (Å²) in [6.07, 6.45) is 0. The van der Waals surface area contributed by atoms with Crippen LogP contribution in [0.1, 0.15) is 27.7 Å². The molecule has 0 heterocycles. The molecule has 0 aromatic rings. The zero-order valence-corrected chi connectivity index (χ0v) is 9.99. The van der Waals surface area contributed by atoms with Crippen molar-refractivity contribution in [2.45, 2.75) is 46.3 Å². The van der Waals surface area contributed by atoms with E-state index in [9.17, 15) is 0 Å². The lowest BCUT2D eigenvalue weighted by Crippen LogP contribution is -2.40. The molecule has 0 spiro atoms. The highest BCUT2D eigenvalue weighted by molar-refractivity contribution is 6.72. The predicted octanol–water partition coefficient (Wildman–Crippen LogP) is 3.27. The first-order valence-electron chi connectivity index (χ1n) is 4.27. The Kier molecular flexibility index (Phi) is 3.33. The fraction of sp³-hybridized carbons (Fsp3) is 1.00. The molecule has 0 N–H and O–H groups in total. The molecule has 1 nitrogen and oxygen atoms in total. The first-order valence-corrected chi connectivity index (χ1v) is 7.25. The van der Waals surface area contributed by atoms with Crippen molar-refractivity contribution < 1.29 is 4.43 Å². The minimum absolute atomic E-state index is 0.381. The van der Waals surface area contributed by atoms with E-state index in [4.69, 9.17) is 4.43 Å². The minimum Gasteiger partial charge on any atom is -0.420 e. The molecule has 0 amide bonds. The Morgan fingerprint density at radius 2 is 1.55 bits per heavy atom. The van der Waals surface area contributed by atoms with Gasteiger partial charge in [0, 0.05) is 7.11 Å². The molecule has 0 aliphatic heterocycles. The van der Waals surface area contributed by atoms with Gasteiger partial charge in [0.1, 0.15) is 0 Å². The van der Waals surface area contributed by atoms with Crippen LogP contribution in [-0.4, -0.2) is 15.4 Å². The second-order valence-corrected chi connectivity index (χ2v) is 9.38. The Hall–Kier alpha value is 0.177. The van der Waals surface area contributed by atoms with E-state index in [1.807, 2.05) is 7.11 Å². The van der Waals surface area contributed by atoms with E-state index in [1.165, 1.54) is 0 Å². The van der Waals surface area contributed by atoms with Gasteiger partial charge in [-0.15, -0.1) is 0 Å². The molecule has 0 saturated heterocycles. The standard InChI is InChI=1S/C9H22OSi/c1-8(9(2,3)4)11(6,7)10-5/h8H,1-7H3. The maximum absolute atomic E-state index is 5.56. The van der Waals surface area contributed by atoms with Gasteiger partial charge in [-0.1, -0.05) is 27.7 Å². The predicted molar refractivity (Wildman–Crippen MR) is 53.4 cm³/mol. The van der Waals surface area contributed by atoms with Crippen molar-refractivity contribution in [3.8, 4) is 0 Å². The summed E-state index contributed by atoms with van der Waals surface area (Å²) in [6.45, 7) is 13.7. The summed E-state index contributed by atoms with van der Waals surface area (Å²) < 4.78 is 5.56. The van der Waals surface area contributed by atoms with Crippen molar-refractivity contribution >= 4 is 8.32 Å². The fourth-order valence-corrected chi connectivity index (χ4v) is 3.66. The summed E-state index contributed by atoms with van der Waals surface area (Å²) in [7, 11) is 0.426. The largest absolute Gasteiger partial charge is 0.420 e.